The van der Waals surface area contributed by atoms with E-state index in [2.05, 4.69) is 20.8 Å². The Balaban J connectivity index is 2.09. The second-order valence-electron chi connectivity index (χ2n) is 7.07. The van der Waals surface area contributed by atoms with Gasteiger partial charge >= 0.3 is 0 Å². The molecule has 1 nitrogen and oxygen atoms in total. The largest absolute Gasteiger partial charge is 0.392 e. The first-order chi connectivity index (χ1) is 6.95. The molecule has 3 saturated carbocycles. The molecule has 15 heavy (non-hydrogen) atoms. The van der Waals surface area contributed by atoms with Gasteiger partial charge in [-0.25, -0.2) is 0 Å². The van der Waals surface area contributed by atoms with Crippen LogP contribution in [0.15, 0.2) is 0 Å². The molecule has 0 aromatic heterocycles. The Kier molecular flexibility index (Phi) is 1.77. The average Bonchev–Trinajstić information content (AvgIpc) is 2.74. The Morgan fingerprint density at radius 3 is 2.07 bits per heavy atom. The van der Waals surface area contributed by atoms with Crippen molar-refractivity contribution in [3.05, 3.63) is 0 Å². The van der Waals surface area contributed by atoms with Gasteiger partial charge in [0.25, 0.3) is 0 Å². The van der Waals surface area contributed by atoms with Gasteiger partial charge in [-0.2, -0.15) is 0 Å². The fraction of sp³-hybridized carbons (Fsp3) is 1.00. The zero-order chi connectivity index (χ0) is 10.9. The van der Waals surface area contributed by atoms with Crippen molar-refractivity contribution in [2.75, 3.05) is 0 Å². The van der Waals surface area contributed by atoms with Crippen LogP contribution in [0.3, 0.4) is 0 Å². The minimum absolute atomic E-state index is 0.0266. The third-order valence-corrected chi connectivity index (χ3v) is 6.67. The van der Waals surface area contributed by atoms with Crippen LogP contribution in [-0.2, 0) is 0 Å². The Labute approximate surface area is 93.3 Å². The first-order valence-corrected chi connectivity index (χ1v) is 6.63. The van der Waals surface area contributed by atoms with Crippen molar-refractivity contribution >= 4 is 0 Å². The predicted octanol–water partition coefficient (Wildman–Crippen LogP) is 3.36. The average molecular weight is 208 g/mol. The minimum atomic E-state index is -0.0266. The maximum absolute atomic E-state index is 10.8. The summed E-state index contributed by atoms with van der Waals surface area (Å²) >= 11 is 0. The number of rotatable bonds is 0. The van der Waals surface area contributed by atoms with E-state index >= 15 is 0 Å². The van der Waals surface area contributed by atoms with E-state index in [1.807, 2.05) is 0 Å². The second-order valence-corrected chi connectivity index (χ2v) is 7.07. The molecule has 0 radical (unpaired) electrons. The Bertz CT molecular complexity index is 288. The molecule has 3 fully saturated rings. The van der Waals surface area contributed by atoms with Crippen LogP contribution < -0.4 is 0 Å². The maximum Gasteiger partial charge on any atom is 0.0657 e. The quantitative estimate of drug-likeness (QED) is 0.647. The van der Waals surface area contributed by atoms with Crippen molar-refractivity contribution in [3.8, 4) is 0 Å². The third-order valence-electron chi connectivity index (χ3n) is 6.67. The van der Waals surface area contributed by atoms with Gasteiger partial charge in [0.2, 0.25) is 0 Å². The van der Waals surface area contributed by atoms with Crippen LogP contribution in [0.25, 0.3) is 0 Å². The zero-order valence-electron chi connectivity index (χ0n) is 10.3. The lowest BCUT2D eigenvalue weighted by molar-refractivity contribution is -0.0559. The highest BCUT2D eigenvalue weighted by Gasteiger charge is 2.72. The molecule has 0 saturated heterocycles. The molecule has 3 atom stereocenters. The SMILES string of the molecule is CC1(C)[C@H]2CC[C@]1(C)[C@H](O)C21CCCC1. The molecule has 3 rings (SSSR count). The fourth-order valence-electron chi connectivity index (χ4n) is 5.50. The van der Waals surface area contributed by atoms with E-state index in [9.17, 15) is 5.11 Å². The van der Waals surface area contributed by atoms with Crippen LogP contribution in [0.5, 0.6) is 0 Å². The molecule has 2 bridgehead atoms. The van der Waals surface area contributed by atoms with Crippen molar-refractivity contribution in [1.82, 2.24) is 0 Å². The summed E-state index contributed by atoms with van der Waals surface area (Å²) in [5.41, 5.74) is 0.870. The first-order valence-electron chi connectivity index (χ1n) is 6.63. The summed E-state index contributed by atoms with van der Waals surface area (Å²) in [7, 11) is 0. The lowest BCUT2D eigenvalue weighted by Crippen LogP contribution is -2.42. The van der Waals surface area contributed by atoms with Crippen LogP contribution in [0, 0.1) is 22.2 Å². The monoisotopic (exact) mass is 208 g/mol. The van der Waals surface area contributed by atoms with E-state index < -0.39 is 0 Å². The molecule has 0 aliphatic heterocycles. The Hall–Kier alpha value is -0.0400. The van der Waals surface area contributed by atoms with Crippen molar-refractivity contribution in [2.45, 2.75) is 65.4 Å². The zero-order valence-corrected chi connectivity index (χ0v) is 10.3. The first kappa shape index (κ1) is 10.1. The molecule has 1 spiro atoms. The van der Waals surface area contributed by atoms with E-state index in [-0.39, 0.29) is 11.5 Å². The molecular formula is C14H24O. The number of hydrogen-bond acceptors (Lipinski definition) is 1. The van der Waals surface area contributed by atoms with Crippen LogP contribution >= 0.6 is 0 Å². The van der Waals surface area contributed by atoms with Crippen LogP contribution in [0.1, 0.15) is 59.3 Å². The summed E-state index contributed by atoms with van der Waals surface area (Å²) in [6.07, 6.45) is 7.85. The van der Waals surface area contributed by atoms with E-state index in [1.54, 1.807) is 0 Å². The number of fused-ring (bicyclic) bond motifs is 3. The summed E-state index contributed by atoms with van der Waals surface area (Å²) < 4.78 is 0. The van der Waals surface area contributed by atoms with E-state index in [4.69, 9.17) is 0 Å². The highest BCUT2D eigenvalue weighted by atomic mass is 16.3. The molecule has 0 aromatic rings. The van der Waals surface area contributed by atoms with Crippen molar-refractivity contribution in [2.24, 2.45) is 22.2 Å². The van der Waals surface area contributed by atoms with Gasteiger partial charge in [0.05, 0.1) is 6.10 Å². The molecule has 86 valence electrons. The predicted molar refractivity (Wildman–Crippen MR) is 61.5 cm³/mol. The van der Waals surface area contributed by atoms with Crippen molar-refractivity contribution < 1.29 is 5.11 Å². The molecule has 0 unspecified atom stereocenters. The van der Waals surface area contributed by atoms with Crippen LogP contribution in [0.4, 0.5) is 0 Å². The molecule has 3 aliphatic carbocycles. The van der Waals surface area contributed by atoms with Gasteiger partial charge < -0.3 is 5.11 Å². The molecule has 3 aliphatic rings. The van der Waals surface area contributed by atoms with Gasteiger partial charge in [-0.15, -0.1) is 0 Å². The fourth-order valence-corrected chi connectivity index (χ4v) is 5.50. The number of aliphatic hydroxyl groups excluding tert-OH is 1. The summed E-state index contributed by atoms with van der Waals surface area (Å²) in [5.74, 6) is 0.785. The molecule has 0 amide bonds. The van der Waals surface area contributed by atoms with Gasteiger partial charge in [0, 0.05) is 5.41 Å². The standard InChI is InChI=1S/C14H24O/c1-12(2)10-6-9-13(12,3)11(15)14(10)7-4-5-8-14/h10-11,15H,4-9H2,1-3H3/t10-,11+,13-/m1/s1. The van der Waals surface area contributed by atoms with Gasteiger partial charge in [-0.3, -0.25) is 0 Å². The molecule has 0 heterocycles. The van der Waals surface area contributed by atoms with Crippen molar-refractivity contribution in [1.29, 1.82) is 0 Å². The summed E-state index contributed by atoms with van der Waals surface area (Å²) in [6, 6.07) is 0. The van der Waals surface area contributed by atoms with E-state index in [0.29, 0.717) is 10.8 Å². The molecule has 0 aromatic carbocycles. The van der Waals surface area contributed by atoms with Crippen LogP contribution in [-0.4, -0.2) is 11.2 Å². The summed E-state index contributed by atoms with van der Waals surface area (Å²) in [4.78, 5) is 0. The minimum Gasteiger partial charge on any atom is -0.392 e. The highest BCUT2D eigenvalue weighted by molar-refractivity contribution is 5.20. The number of aliphatic hydroxyl groups is 1. The third kappa shape index (κ3) is 0.868. The summed E-state index contributed by atoms with van der Waals surface area (Å²) in [5, 5.41) is 10.8. The van der Waals surface area contributed by atoms with Gasteiger partial charge in [0.1, 0.15) is 0 Å². The van der Waals surface area contributed by atoms with Gasteiger partial charge in [-0.05, 0) is 42.4 Å². The highest BCUT2D eigenvalue weighted by Crippen LogP contribution is 2.75. The maximum atomic E-state index is 10.8. The lowest BCUT2D eigenvalue weighted by atomic mass is 9.67. The molecule has 1 N–H and O–H groups in total. The van der Waals surface area contributed by atoms with Crippen LogP contribution in [0.2, 0.25) is 0 Å². The molecular weight excluding hydrogens is 184 g/mol. The molecule has 1 heteroatoms. The Morgan fingerprint density at radius 2 is 1.60 bits per heavy atom. The second kappa shape index (κ2) is 2.61. The smallest absolute Gasteiger partial charge is 0.0657 e. The topological polar surface area (TPSA) is 20.2 Å². The lowest BCUT2D eigenvalue weighted by Gasteiger charge is -2.41. The van der Waals surface area contributed by atoms with Crippen molar-refractivity contribution in [3.63, 3.8) is 0 Å². The normalized spacial score (nSPS) is 50.4. The van der Waals surface area contributed by atoms with Gasteiger partial charge in [0.15, 0.2) is 0 Å². The number of hydrogen-bond donors (Lipinski definition) is 1. The van der Waals surface area contributed by atoms with E-state index in [0.717, 1.165) is 5.92 Å². The summed E-state index contributed by atoms with van der Waals surface area (Å²) in [6.45, 7) is 7.15. The van der Waals surface area contributed by atoms with Gasteiger partial charge in [-0.1, -0.05) is 33.6 Å². The van der Waals surface area contributed by atoms with E-state index in [1.165, 1.54) is 38.5 Å². The Morgan fingerprint density at radius 1 is 1.00 bits per heavy atom.